The summed E-state index contributed by atoms with van der Waals surface area (Å²) >= 11 is 1.77. The summed E-state index contributed by atoms with van der Waals surface area (Å²) in [5, 5.41) is 4.66. The number of hydrogen-bond acceptors (Lipinski definition) is 4. The first-order valence-electron chi connectivity index (χ1n) is 5.57. The Morgan fingerprint density at radius 1 is 1.25 bits per heavy atom. The van der Waals surface area contributed by atoms with Crippen LogP contribution < -0.4 is 5.32 Å². The summed E-state index contributed by atoms with van der Waals surface area (Å²) in [5.41, 5.74) is -0.0147. The van der Waals surface area contributed by atoms with E-state index in [2.05, 4.69) is 49.9 Å². The first-order valence-corrected chi connectivity index (χ1v) is 6.45. The highest BCUT2D eigenvalue weighted by molar-refractivity contribution is 7.99. The van der Waals surface area contributed by atoms with Gasteiger partial charge in [0, 0.05) is 23.8 Å². The van der Waals surface area contributed by atoms with E-state index in [1.165, 1.54) is 0 Å². The van der Waals surface area contributed by atoms with Gasteiger partial charge in [-0.05, 0) is 0 Å². The third-order valence-corrected chi connectivity index (χ3v) is 2.91. The van der Waals surface area contributed by atoms with Crippen LogP contribution in [0.1, 0.15) is 40.4 Å². The van der Waals surface area contributed by atoms with Crippen molar-refractivity contribution in [1.29, 1.82) is 0 Å². The molecule has 0 aromatic carbocycles. The average molecular weight is 239 g/mol. The fourth-order valence-corrected chi connectivity index (χ4v) is 1.99. The Morgan fingerprint density at radius 2 is 1.88 bits per heavy atom. The minimum absolute atomic E-state index is 0.0147. The molecule has 1 N–H and O–H groups in total. The van der Waals surface area contributed by atoms with Crippen LogP contribution >= 0.6 is 11.8 Å². The molecule has 3 nitrogen and oxygen atoms in total. The summed E-state index contributed by atoms with van der Waals surface area (Å²) in [6.45, 7) is 10.7. The number of hydrogen-bond donors (Lipinski definition) is 1. The van der Waals surface area contributed by atoms with E-state index in [4.69, 9.17) is 0 Å². The molecule has 1 heterocycles. The SMILES string of the molecule is CNc1cc(SC(C)C)nc(C(C)(C)C)n1. The summed E-state index contributed by atoms with van der Waals surface area (Å²) < 4.78 is 0. The van der Waals surface area contributed by atoms with Gasteiger partial charge in [-0.15, -0.1) is 11.8 Å². The van der Waals surface area contributed by atoms with Gasteiger partial charge >= 0.3 is 0 Å². The van der Waals surface area contributed by atoms with Crippen molar-refractivity contribution in [2.75, 3.05) is 12.4 Å². The normalized spacial score (nSPS) is 11.9. The van der Waals surface area contributed by atoms with Crippen LogP contribution in [0.25, 0.3) is 0 Å². The topological polar surface area (TPSA) is 37.8 Å². The number of anilines is 1. The van der Waals surface area contributed by atoms with E-state index in [1.54, 1.807) is 11.8 Å². The number of aromatic nitrogens is 2. The Bertz CT molecular complexity index is 356. The summed E-state index contributed by atoms with van der Waals surface area (Å²) in [7, 11) is 1.89. The van der Waals surface area contributed by atoms with E-state index in [9.17, 15) is 0 Å². The lowest BCUT2D eigenvalue weighted by atomic mass is 9.96. The Morgan fingerprint density at radius 3 is 2.31 bits per heavy atom. The number of thioether (sulfide) groups is 1. The van der Waals surface area contributed by atoms with Crippen molar-refractivity contribution in [1.82, 2.24) is 9.97 Å². The maximum Gasteiger partial charge on any atom is 0.137 e. The monoisotopic (exact) mass is 239 g/mol. The second kappa shape index (κ2) is 5.04. The second-order valence-corrected chi connectivity index (χ2v) is 6.68. The lowest BCUT2D eigenvalue weighted by Gasteiger charge is -2.18. The van der Waals surface area contributed by atoms with Crippen molar-refractivity contribution in [3.63, 3.8) is 0 Å². The Kier molecular flexibility index (Phi) is 4.19. The minimum Gasteiger partial charge on any atom is -0.373 e. The Labute approximate surface area is 102 Å². The van der Waals surface area contributed by atoms with E-state index in [0.717, 1.165) is 16.7 Å². The minimum atomic E-state index is -0.0147. The fraction of sp³-hybridized carbons (Fsp3) is 0.667. The zero-order valence-electron chi connectivity index (χ0n) is 11.0. The number of rotatable bonds is 3. The molecule has 0 aliphatic carbocycles. The van der Waals surface area contributed by atoms with Crippen LogP contribution in [0.2, 0.25) is 0 Å². The smallest absolute Gasteiger partial charge is 0.137 e. The van der Waals surface area contributed by atoms with Crippen molar-refractivity contribution in [2.45, 2.75) is 50.3 Å². The molecule has 0 bridgehead atoms. The van der Waals surface area contributed by atoms with Gasteiger partial charge in [0.2, 0.25) is 0 Å². The second-order valence-electron chi connectivity index (χ2n) is 5.08. The van der Waals surface area contributed by atoms with Gasteiger partial charge in [0.25, 0.3) is 0 Å². The van der Waals surface area contributed by atoms with Crippen LogP contribution in [0.4, 0.5) is 5.82 Å². The molecular formula is C12H21N3S. The first kappa shape index (κ1) is 13.3. The third-order valence-electron chi connectivity index (χ3n) is 1.99. The molecule has 0 spiro atoms. The molecule has 1 aromatic rings. The molecule has 4 heteroatoms. The predicted octanol–water partition coefficient (Wildman–Crippen LogP) is 3.32. The summed E-state index contributed by atoms with van der Waals surface area (Å²) in [6.07, 6.45) is 0. The summed E-state index contributed by atoms with van der Waals surface area (Å²) in [4.78, 5) is 9.10. The van der Waals surface area contributed by atoms with Crippen LogP contribution in [-0.4, -0.2) is 22.3 Å². The van der Waals surface area contributed by atoms with Crippen molar-refractivity contribution < 1.29 is 0 Å². The van der Waals surface area contributed by atoms with Gasteiger partial charge in [0.1, 0.15) is 16.7 Å². The molecule has 0 fully saturated rings. The van der Waals surface area contributed by atoms with Gasteiger partial charge in [-0.3, -0.25) is 0 Å². The third kappa shape index (κ3) is 3.67. The van der Waals surface area contributed by atoms with Gasteiger partial charge in [0.05, 0.1) is 0 Å². The quantitative estimate of drug-likeness (QED) is 0.648. The van der Waals surface area contributed by atoms with Crippen molar-refractivity contribution >= 4 is 17.6 Å². The van der Waals surface area contributed by atoms with Crippen LogP contribution in [0, 0.1) is 0 Å². The maximum absolute atomic E-state index is 4.60. The number of nitrogens with zero attached hydrogens (tertiary/aromatic N) is 2. The van der Waals surface area contributed by atoms with Crippen LogP contribution in [0.15, 0.2) is 11.1 Å². The van der Waals surface area contributed by atoms with Crippen LogP contribution in [0.3, 0.4) is 0 Å². The zero-order chi connectivity index (χ0) is 12.3. The zero-order valence-corrected chi connectivity index (χ0v) is 11.8. The van der Waals surface area contributed by atoms with Crippen LogP contribution in [-0.2, 0) is 5.41 Å². The standard InChI is InChI=1S/C12H21N3S/c1-8(2)16-10-7-9(13-6)14-11(15-10)12(3,4)5/h7-8H,1-6H3,(H,13,14,15). The highest BCUT2D eigenvalue weighted by atomic mass is 32.2. The van der Waals surface area contributed by atoms with E-state index >= 15 is 0 Å². The maximum atomic E-state index is 4.60. The Hall–Kier alpha value is -0.770. The number of nitrogens with one attached hydrogen (secondary N) is 1. The van der Waals surface area contributed by atoms with E-state index < -0.39 is 0 Å². The molecule has 0 aliphatic rings. The molecule has 0 atom stereocenters. The van der Waals surface area contributed by atoms with Gasteiger partial charge in [-0.25, -0.2) is 9.97 Å². The average Bonchev–Trinajstić information content (AvgIpc) is 2.14. The Balaban J connectivity index is 3.11. The van der Waals surface area contributed by atoms with Gasteiger partial charge in [-0.2, -0.15) is 0 Å². The molecular weight excluding hydrogens is 218 g/mol. The molecule has 1 aromatic heterocycles. The first-order chi connectivity index (χ1) is 7.32. The lowest BCUT2D eigenvalue weighted by molar-refractivity contribution is 0.539. The lowest BCUT2D eigenvalue weighted by Crippen LogP contribution is -2.17. The molecule has 0 saturated carbocycles. The molecule has 0 amide bonds. The van der Waals surface area contributed by atoms with E-state index in [-0.39, 0.29) is 5.41 Å². The molecule has 90 valence electrons. The molecule has 0 radical (unpaired) electrons. The molecule has 1 rings (SSSR count). The predicted molar refractivity (Wildman–Crippen MR) is 71.3 cm³/mol. The molecule has 0 saturated heterocycles. The van der Waals surface area contributed by atoms with E-state index in [1.807, 2.05) is 13.1 Å². The molecule has 16 heavy (non-hydrogen) atoms. The van der Waals surface area contributed by atoms with Crippen LogP contribution in [0.5, 0.6) is 0 Å². The van der Waals surface area contributed by atoms with Crippen molar-refractivity contribution in [2.24, 2.45) is 0 Å². The fourth-order valence-electron chi connectivity index (χ4n) is 1.19. The molecule has 0 aliphatic heterocycles. The highest BCUT2D eigenvalue weighted by Crippen LogP contribution is 2.26. The highest BCUT2D eigenvalue weighted by Gasteiger charge is 2.19. The van der Waals surface area contributed by atoms with Gasteiger partial charge in [0.15, 0.2) is 0 Å². The largest absolute Gasteiger partial charge is 0.373 e. The van der Waals surface area contributed by atoms with Crippen molar-refractivity contribution in [3.8, 4) is 0 Å². The summed E-state index contributed by atoms with van der Waals surface area (Å²) in [6, 6.07) is 2.00. The van der Waals surface area contributed by atoms with E-state index in [0.29, 0.717) is 5.25 Å². The van der Waals surface area contributed by atoms with Gasteiger partial charge < -0.3 is 5.32 Å². The van der Waals surface area contributed by atoms with Gasteiger partial charge in [-0.1, -0.05) is 34.6 Å². The summed E-state index contributed by atoms with van der Waals surface area (Å²) in [5.74, 6) is 1.78. The molecule has 0 unspecified atom stereocenters. The van der Waals surface area contributed by atoms with Crippen molar-refractivity contribution in [3.05, 3.63) is 11.9 Å².